The fourth-order valence-corrected chi connectivity index (χ4v) is 1.82. The maximum absolute atomic E-state index is 11.5. The first-order chi connectivity index (χ1) is 7.19. The van der Waals surface area contributed by atoms with E-state index in [0.717, 1.165) is 22.9 Å². The lowest BCUT2D eigenvalue weighted by Crippen LogP contribution is -2.05. The Morgan fingerprint density at radius 3 is 2.73 bits per heavy atom. The quantitative estimate of drug-likeness (QED) is 0.782. The molecule has 1 rings (SSSR count). The highest BCUT2D eigenvalue weighted by atomic mass is 79.9. The molecule has 0 aliphatic heterocycles. The molecule has 0 amide bonds. The molecule has 0 aliphatic rings. The minimum atomic E-state index is -0.248. The molecule has 1 aromatic carbocycles. The number of benzene rings is 1. The molecule has 1 aromatic rings. The molecule has 0 saturated heterocycles. The first-order valence-corrected chi connectivity index (χ1v) is 5.93. The first kappa shape index (κ1) is 12.2. The normalized spacial score (nSPS) is 10.1. The summed E-state index contributed by atoms with van der Waals surface area (Å²) < 4.78 is 6.00. The number of carbonyl (C=O) groups excluding carboxylic acids is 1. The molecular weight excluding hydrogens is 256 g/mol. The van der Waals surface area contributed by atoms with Crippen LogP contribution in [0.25, 0.3) is 0 Å². The summed E-state index contributed by atoms with van der Waals surface area (Å²) in [5.74, 6) is -0.248. The smallest absolute Gasteiger partial charge is 0.338 e. The fourth-order valence-electron chi connectivity index (χ4n) is 1.38. The lowest BCUT2D eigenvalue weighted by Gasteiger charge is -2.06. The monoisotopic (exact) mass is 270 g/mol. The van der Waals surface area contributed by atoms with E-state index in [2.05, 4.69) is 22.9 Å². The highest BCUT2D eigenvalue weighted by Crippen LogP contribution is 2.20. The summed E-state index contributed by atoms with van der Waals surface area (Å²) in [6.07, 6.45) is 2.03. The SMILES string of the molecule is CCCc1cc(C(=O)OCC)ccc1Br. The zero-order valence-electron chi connectivity index (χ0n) is 9.05. The number of hydrogen-bond acceptors (Lipinski definition) is 2. The molecule has 15 heavy (non-hydrogen) atoms. The van der Waals surface area contributed by atoms with Crippen molar-refractivity contribution in [1.29, 1.82) is 0 Å². The Balaban J connectivity index is 2.91. The van der Waals surface area contributed by atoms with E-state index in [1.807, 2.05) is 19.1 Å². The van der Waals surface area contributed by atoms with Crippen molar-refractivity contribution in [3.05, 3.63) is 33.8 Å². The molecule has 0 radical (unpaired) electrons. The van der Waals surface area contributed by atoms with Crippen molar-refractivity contribution in [2.45, 2.75) is 26.7 Å². The van der Waals surface area contributed by atoms with Crippen molar-refractivity contribution in [3.63, 3.8) is 0 Å². The Hall–Kier alpha value is -0.830. The van der Waals surface area contributed by atoms with Gasteiger partial charge < -0.3 is 4.74 Å². The summed E-state index contributed by atoms with van der Waals surface area (Å²) in [7, 11) is 0. The maximum Gasteiger partial charge on any atom is 0.338 e. The van der Waals surface area contributed by atoms with Crippen LogP contribution in [0.5, 0.6) is 0 Å². The van der Waals surface area contributed by atoms with E-state index in [0.29, 0.717) is 12.2 Å². The van der Waals surface area contributed by atoms with Gasteiger partial charge in [-0.1, -0.05) is 29.3 Å². The van der Waals surface area contributed by atoms with E-state index in [9.17, 15) is 4.79 Å². The second-order valence-corrected chi connectivity index (χ2v) is 4.13. The van der Waals surface area contributed by atoms with E-state index in [-0.39, 0.29) is 5.97 Å². The van der Waals surface area contributed by atoms with Crippen LogP contribution < -0.4 is 0 Å². The standard InChI is InChI=1S/C12H15BrO2/c1-3-5-9-8-10(6-7-11(9)13)12(14)15-4-2/h6-8H,3-5H2,1-2H3. The Morgan fingerprint density at radius 1 is 1.40 bits per heavy atom. The number of hydrogen-bond donors (Lipinski definition) is 0. The fraction of sp³-hybridized carbons (Fsp3) is 0.417. The minimum absolute atomic E-state index is 0.248. The van der Waals surface area contributed by atoms with Gasteiger partial charge in [-0.2, -0.15) is 0 Å². The van der Waals surface area contributed by atoms with Gasteiger partial charge in [-0.15, -0.1) is 0 Å². The highest BCUT2D eigenvalue weighted by Gasteiger charge is 2.08. The Morgan fingerprint density at radius 2 is 2.13 bits per heavy atom. The molecule has 0 fully saturated rings. The van der Waals surface area contributed by atoms with Gasteiger partial charge in [-0.25, -0.2) is 4.79 Å². The van der Waals surface area contributed by atoms with Gasteiger partial charge in [0.2, 0.25) is 0 Å². The Bertz CT molecular complexity index is 347. The van der Waals surface area contributed by atoms with Crippen LogP contribution in [0.1, 0.15) is 36.2 Å². The van der Waals surface area contributed by atoms with E-state index in [1.165, 1.54) is 0 Å². The third-order valence-electron chi connectivity index (χ3n) is 2.08. The van der Waals surface area contributed by atoms with Gasteiger partial charge in [-0.05, 0) is 37.1 Å². The topological polar surface area (TPSA) is 26.3 Å². The molecule has 0 unspecified atom stereocenters. The highest BCUT2D eigenvalue weighted by molar-refractivity contribution is 9.10. The van der Waals surface area contributed by atoms with Crippen molar-refractivity contribution >= 4 is 21.9 Å². The Kier molecular flexibility index (Phi) is 4.82. The van der Waals surface area contributed by atoms with Crippen molar-refractivity contribution in [2.75, 3.05) is 6.61 Å². The summed E-state index contributed by atoms with van der Waals surface area (Å²) in [6, 6.07) is 5.57. The van der Waals surface area contributed by atoms with Gasteiger partial charge in [0, 0.05) is 4.47 Å². The van der Waals surface area contributed by atoms with Crippen LogP contribution in [0.15, 0.2) is 22.7 Å². The summed E-state index contributed by atoms with van der Waals surface area (Å²) in [4.78, 5) is 11.5. The molecule has 0 heterocycles. The van der Waals surface area contributed by atoms with Crippen LogP contribution >= 0.6 is 15.9 Å². The molecule has 0 saturated carbocycles. The average molecular weight is 271 g/mol. The third kappa shape index (κ3) is 3.34. The molecule has 0 bridgehead atoms. The Labute approximate surface area is 98.8 Å². The number of aryl methyl sites for hydroxylation is 1. The summed E-state index contributed by atoms with van der Waals surface area (Å²) in [6.45, 7) is 4.34. The molecule has 3 heteroatoms. The lowest BCUT2D eigenvalue weighted by atomic mass is 10.1. The summed E-state index contributed by atoms with van der Waals surface area (Å²) in [5, 5.41) is 0. The first-order valence-electron chi connectivity index (χ1n) is 5.14. The van der Waals surface area contributed by atoms with Crippen molar-refractivity contribution < 1.29 is 9.53 Å². The molecule has 82 valence electrons. The summed E-state index contributed by atoms with van der Waals surface area (Å²) >= 11 is 3.47. The van der Waals surface area contributed by atoms with Gasteiger partial charge in [-0.3, -0.25) is 0 Å². The third-order valence-corrected chi connectivity index (χ3v) is 2.85. The number of carbonyl (C=O) groups is 1. The molecule has 0 aliphatic carbocycles. The van der Waals surface area contributed by atoms with Gasteiger partial charge >= 0.3 is 5.97 Å². The van der Waals surface area contributed by atoms with Gasteiger partial charge in [0.1, 0.15) is 0 Å². The predicted octanol–water partition coefficient (Wildman–Crippen LogP) is 3.58. The van der Waals surface area contributed by atoms with Gasteiger partial charge in [0.05, 0.1) is 12.2 Å². The lowest BCUT2D eigenvalue weighted by molar-refractivity contribution is 0.0526. The van der Waals surface area contributed by atoms with E-state index >= 15 is 0 Å². The molecule has 0 N–H and O–H groups in total. The summed E-state index contributed by atoms with van der Waals surface area (Å²) in [5.41, 5.74) is 1.78. The maximum atomic E-state index is 11.5. The largest absolute Gasteiger partial charge is 0.462 e. The zero-order valence-corrected chi connectivity index (χ0v) is 10.6. The van der Waals surface area contributed by atoms with Crippen LogP contribution in [-0.4, -0.2) is 12.6 Å². The van der Waals surface area contributed by atoms with Crippen LogP contribution in [-0.2, 0) is 11.2 Å². The zero-order chi connectivity index (χ0) is 11.3. The van der Waals surface area contributed by atoms with Gasteiger partial charge in [0.15, 0.2) is 0 Å². The number of esters is 1. The van der Waals surface area contributed by atoms with E-state index < -0.39 is 0 Å². The predicted molar refractivity (Wildman–Crippen MR) is 64.1 cm³/mol. The number of rotatable bonds is 4. The van der Waals surface area contributed by atoms with Crippen molar-refractivity contribution in [2.24, 2.45) is 0 Å². The molecular formula is C12H15BrO2. The van der Waals surface area contributed by atoms with Crippen LogP contribution in [0.3, 0.4) is 0 Å². The number of halogens is 1. The molecule has 0 aromatic heterocycles. The second-order valence-electron chi connectivity index (χ2n) is 3.28. The second kappa shape index (κ2) is 5.91. The van der Waals surface area contributed by atoms with E-state index in [4.69, 9.17) is 4.74 Å². The van der Waals surface area contributed by atoms with Crippen LogP contribution in [0, 0.1) is 0 Å². The minimum Gasteiger partial charge on any atom is -0.462 e. The molecule has 2 nitrogen and oxygen atoms in total. The van der Waals surface area contributed by atoms with E-state index in [1.54, 1.807) is 6.07 Å². The average Bonchev–Trinajstić information content (AvgIpc) is 2.22. The van der Waals surface area contributed by atoms with Crippen LogP contribution in [0.4, 0.5) is 0 Å². The van der Waals surface area contributed by atoms with Crippen molar-refractivity contribution in [3.8, 4) is 0 Å². The number of ether oxygens (including phenoxy) is 1. The van der Waals surface area contributed by atoms with Crippen molar-refractivity contribution in [1.82, 2.24) is 0 Å². The van der Waals surface area contributed by atoms with Gasteiger partial charge in [0.25, 0.3) is 0 Å². The molecule has 0 spiro atoms. The molecule has 0 atom stereocenters. The van der Waals surface area contributed by atoms with Crippen LogP contribution in [0.2, 0.25) is 0 Å².